The van der Waals surface area contributed by atoms with Crippen LogP contribution in [0.2, 0.25) is 5.02 Å². The van der Waals surface area contributed by atoms with Gasteiger partial charge in [0, 0.05) is 34.8 Å². The lowest BCUT2D eigenvalue weighted by Gasteiger charge is -2.17. The molecule has 0 fully saturated rings. The fourth-order valence-electron chi connectivity index (χ4n) is 4.09. The molecule has 1 N–H and O–H groups in total. The highest BCUT2D eigenvalue weighted by molar-refractivity contribution is 6.30. The molecule has 4 aromatic rings. The molecular formula is C24H18ClN3O3. The normalized spacial score (nSPS) is 16.0. The van der Waals surface area contributed by atoms with Gasteiger partial charge in [-0.3, -0.25) is 9.59 Å². The van der Waals surface area contributed by atoms with Crippen LogP contribution in [0.15, 0.2) is 81.2 Å². The van der Waals surface area contributed by atoms with Crippen LogP contribution in [0.5, 0.6) is 0 Å². The Bertz CT molecular complexity index is 1370. The average molecular weight is 432 g/mol. The molecule has 1 aliphatic heterocycles. The SMILES string of the molecule is CC(=O)N1N=C(c2c(-c3ccc(Cl)cc3)c3ccccc3[nH]c2=O)C[C@@H]1c1ccco1. The number of nitrogens with one attached hydrogen (secondary N) is 1. The van der Waals surface area contributed by atoms with Gasteiger partial charge in [-0.05, 0) is 35.9 Å². The fraction of sp³-hybridized carbons (Fsp3) is 0.125. The van der Waals surface area contributed by atoms with Crippen molar-refractivity contribution in [1.29, 1.82) is 0 Å². The van der Waals surface area contributed by atoms with Gasteiger partial charge in [-0.25, -0.2) is 5.01 Å². The summed E-state index contributed by atoms with van der Waals surface area (Å²) in [7, 11) is 0. The number of hydrogen-bond acceptors (Lipinski definition) is 4. The van der Waals surface area contributed by atoms with E-state index in [1.165, 1.54) is 11.9 Å². The van der Waals surface area contributed by atoms with Crippen molar-refractivity contribution in [3.8, 4) is 11.1 Å². The van der Waals surface area contributed by atoms with Crippen LogP contribution in [0.3, 0.4) is 0 Å². The minimum atomic E-state index is -0.397. The highest BCUT2D eigenvalue weighted by Gasteiger charge is 2.35. The minimum absolute atomic E-state index is 0.221. The first-order valence-corrected chi connectivity index (χ1v) is 10.2. The summed E-state index contributed by atoms with van der Waals surface area (Å²) in [4.78, 5) is 28.5. The Morgan fingerprint density at radius 3 is 2.58 bits per heavy atom. The van der Waals surface area contributed by atoms with E-state index in [1.54, 1.807) is 24.5 Å². The highest BCUT2D eigenvalue weighted by Crippen LogP contribution is 2.37. The van der Waals surface area contributed by atoms with Gasteiger partial charge in [0.1, 0.15) is 11.8 Å². The average Bonchev–Trinajstić information content (AvgIpc) is 3.43. The molecule has 0 radical (unpaired) electrons. The number of furan rings is 1. The summed E-state index contributed by atoms with van der Waals surface area (Å²) in [6.45, 7) is 1.45. The molecule has 0 unspecified atom stereocenters. The number of aromatic nitrogens is 1. The van der Waals surface area contributed by atoms with Gasteiger partial charge >= 0.3 is 0 Å². The molecule has 2 aromatic carbocycles. The molecule has 5 rings (SSSR count). The number of aromatic amines is 1. The maximum Gasteiger partial charge on any atom is 0.258 e. The first kappa shape index (κ1) is 19.3. The lowest BCUT2D eigenvalue weighted by atomic mass is 9.92. The number of para-hydroxylation sites is 1. The van der Waals surface area contributed by atoms with Crippen LogP contribution in [0, 0.1) is 0 Å². The highest BCUT2D eigenvalue weighted by atomic mass is 35.5. The van der Waals surface area contributed by atoms with E-state index >= 15 is 0 Å². The molecule has 2 aromatic heterocycles. The van der Waals surface area contributed by atoms with Crippen LogP contribution in [0.25, 0.3) is 22.0 Å². The number of hydrazone groups is 1. The van der Waals surface area contributed by atoms with Crippen molar-refractivity contribution >= 4 is 34.1 Å². The molecular weight excluding hydrogens is 414 g/mol. The van der Waals surface area contributed by atoms with Crippen molar-refractivity contribution in [2.45, 2.75) is 19.4 Å². The maximum absolute atomic E-state index is 13.3. The molecule has 1 atom stereocenters. The predicted molar refractivity (Wildman–Crippen MR) is 120 cm³/mol. The second kappa shape index (κ2) is 7.56. The van der Waals surface area contributed by atoms with E-state index in [0.717, 1.165) is 22.0 Å². The zero-order valence-corrected chi connectivity index (χ0v) is 17.4. The van der Waals surface area contributed by atoms with Gasteiger partial charge in [0.2, 0.25) is 5.91 Å². The summed E-state index contributed by atoms with van der Waals surface area (Å²) in [5.74, 6) is 0.404. The molecule has 0 bridgehead atoms. The number of hydrogen-bond donors (Lipinski definition) is 1. The number of carbonyl (C=O) groups excluding carboxylic acids is 1. The number of rotatable bonds is 3. The van der Waals surface area contributed by atoms with Crippen LogP contribution < -0.4 is 5.56 Å². The third-order valence-corrected chi connectivity index (χ3v) is 5.70. The van der Waals surface area contributed by atoms with Crippen molar-refractivity contribution < 1.29 is 9.21 Å². The van der Waals surface area contributed by atoms with Crippen LogP contribution in [0.4, 0.5) is 0 Å². The second-order valence-corrected chi connectivity index (χ2v) is 7.84. The second-order valence-electron chi connectivity index (χ2n) is 7.40. The molecule has 6 nitrogen and oxygen atoms in total. The summed E-state index contributed by atoms with van der Waals surface area (Å²) >= 11 is 6.10. The summed E-state index contributed by atoms with van der Waals surface area (Å²) in [5.41, 5.74) is 3.06. The number of H-pyrrole nitrogens is 1. The molecule has 0 saturated heterocycles. The van der Waals surface area contributed by atoms with Gasteiger partial charge < -0.3 is 9.40 Å². The third-order valence-electron chi connectivity index (χ3n) is 5.45. The Morgan fingerprint density at radius 2 is 1.87 bits per heavy atom. The smallest absolute Gasteiger partial charge is 0.258 e. The molecule has 3 heterocycles. The molecule has 1 amide bonds. The molecule has 7 heteroatoms. The van der Waals surface area contributed by atoms with Crippen LogP contribution >= 0.6 is 11.6 Å². The van der Waals surface area contributed by atoms with E-state index in [0.29, 0.717) is 28.5 Å². The van der Waals surface area contributed by atoms with Gasteiger partial charge in [0.25, 0.3) is 5.56 Å². The van der Waals surface area contributed by atoms with Crippen molar-refractivity contribution in [3.05, 3.63) is 93.6 Å². The van der Waals surface area contributed by atoms with E-state index < -0.39 is 6.04 Å². The maximum atomic E-state index is 13.3. The van der Waals surface area contributed by atoms with E-state index in [9.17, 15) is 9.59 Å². The van der Waals surface area contributed by atoms with Gasteiger partial charge in [0.05, 0.1) is 17.5 Å². The number of amides is 1. The Kier molecular flexibility index (Phi) is 4.71. The Labute approximate surface area is 182 Å². The topological polar surface area (TPSA) is 78.7 Å². The lowest BCUT2D eigenvalue weighted by molar-refractivity contribution is -0.130. The van der Waals surface area contributed by atoms with Gasteiger partial charge in [-0.2, -0.15) is 5.10 Å². The number of carbonyl (C=O) groups is 1. The van der Waals surface area contributed by atoms with E-state index in [4.69, 9.17) is 16.0 Å². The zero-order chi connectivity index (χ0) is 21.5. The Hall–Kier alpha value is -3.64. The van der Waals surface area contributed by atoms with Gasteiger partial charge in [-0.15, -0.1) is 0 Å². The minimum Gasteiger partial charge on any atom is -0.467 e. The number of halogens is 1. The summed E-state index contributed by atoms with van der Waals surface area (Å²) < 4.78 is 5.54. The standard InChI is InChI=1S/C24H18ClN3O3/c1-14(29)28-20(21-7-4-12-31-21)13-19(27-28)23-22(15-8-10-16(25)11-9-15)17-5-2-3-6-18(17)26-24(23)30/h2-12,20H,13H2,1H3,(H,26,30)/t20-/m1/s1. The number of benzene rings is 2. The van der Waals surface area contributed by atoms with E-state index in [-0.39, 0.29) is 11.5 Å². The number of pyridine rings is 1. The number of fused-ring (bicyclic) bond motifs is 1. The molecule has 0 spiro atoms. The number of nitrogens with zero attached hydrogens (tertiary/aromatic N) is 2. The van der Waals surface area contributed by atoms with Crippen molar-refractivity contribution in [2.24, 2.45) is 5.10 Å². The van der Waals surface area contributed by atoms with E-state index in [2.05, 4.69) is 10.1 Å². The quantitative estimate of drug-likeness (QED) is 0.487. The Balaban J connectivity index is 1.75. The lowest BCUT2D eigenvalue weighted by Crippen LogP contribution is -2.23. The monoisotopic (exact) mass is 431 g/mol. The summed E-state index contributed by atoms with van der Waals surface area (Å²) in [5, 5.41) is 7.44. The molecule has 0 aliphatic carbocycles. The first-order chi connectivity index (χ1) is 15.0. The van der Waals surface area contributed by atoms with Crippen molar-refractivity contribution in [3.63, 3.8) is 0 Å². The first-order valence-electron chi connectivity index (χ1n) is 9.85. The van der Waals surface area contributed by atoms with Gasteiger partial charge in [-0.1, -0.05) is 41.9 Å². The molecule has 1 aliphatic rings. The van der Waals surface area contributed by atoms with Gasteiger partial charge in [0.15, 0.2) is 0 Å². The molecule has 31 heavy (non-hydrogen) atoms. The van der Waals surface area contributed by atoms with Crippen LogP contribution in [-0.4, -0.2) is 21.6 Å². The third kappa shape index (κ3) is 3.35. The van der Waals surface area contributed by atoms with Crippen LogP contribution in [-0.2, 0) is 4.79 Å². The Morgan fingerprint density at radius 1 is 1.10 bits per heavy atom. The van der Waals surface area contributed by atoms with Crippen LogP contribution in [0.1, 0.15) is 30.7 Å². The summed E-state index contributed by atoms with van der Waals surface area (Å²) in [6, 6.07) is 18.2. The molecule has 154 valence electrons. The largest absolute Gasteiger partial charge is 0.467 e. The fourth-order valence-corrected chi connectivity index (χ4v) is 4.21. The van der Waals surface area contributed by atoms with E-state index in [1.807, 2.05) is 42.5 Å². The van der Waals surface area contributed by atoms with Crippen molar-refractivity contribution in [2.75, 3.05) is 0 Å². The zero-order valence-electron chi connectivity index (χ0n) is 16.6. The molecule has 0 saturated carbocycles. The predicted octanol–water partition coefficient (Wildman–Crippen LogP) is 5.14. The van der Waals surface area contributed by atoms with Crippen molar-refractivity contribution in [1.82, 2.24) is 9.99 Å². The summed E-state index contributed by atoms with van der Waals surface area (Å²) in [6.07, 6.45) is 1.93.